The maximum absolute atomic E-state index is 12.6. The van der Waals surface area contributed by atoms with Crippen LogP contribution >= 0.6 is 15.9 Å². The van der Waals surface area contributed by atoms with Crippen LogP contribution < -0.4 is 5.32 Å². The van der Waals surface area contributed by atoms with E-state index in [0.717, 1.165) is 21.2 Å². The molecule has 0 aliphatic heterocycles. The van der Waals surface area contributed by atoms with E-state index in [1.807, 2.05) is 48.5 Å². The summed E-state index contributed by atoms with van der Waals surface area (Å²) >= 11 is 3.41. The number of ether oxygens (including phenoxy) is 1. The molecule has 0 fully saturated rings. The maximum Gasteiger partial charge on any atom is 0.407 e. The molecule has 2 aromatic carbocycles. The van der Waals surface area contributed by atoms with Crippen LogP contribution in [0.1, 0.15) is 37.9 Å². The Balaban J connectivity index is 1.94. The lowest BCUT2D eigenvalue weighted by atomic mass is 10.1. The molecule has 29 heavy (non-hydrogen) atoms. The summed E-state index contributed by atoms with van der Waals surface area (Å²) in [6, 6.07) is 16.5. The van der Waals surface area contributed by atoms with E-state index in [2.05, 4.69) is 26.2 Å². The Hall–Kier alpha value is -2.80. The average Bonchev–Trinajstić information content (AvgIpc) is 2.93. The number of carbonyl (C=O) groups excluding carboxylic acids is 1. The van der Waals surface area contributed by atoms with E-state index in [9.17, 15) is 10.0 Å². The standard InChI is InChI=1S/C22H23BrN3O3/c1-22(2,3)29-21(27)25-14-17(24-13-15-9-5-4-6-10-15)19-16-11-7-8-12-18(16)26(28)20(19)23/h4-13,17H,14H2,1-3H3,(H,25,27)/q-1. The summed E-state index contributed by atoms with van der Waals surface area (Å²) in [6.45, 7) is 5.60. The molecule has 1 heterocycles. The number of amides is 1. The summed E-state index contributed by atoms with van der Waals surface area (Å²) in [5.74, 6) is 0. The van der Waals surface area contributed by atoms with Crippen molar-refractivity contribution in [1.82, 2.24) is 10.0 Å². The fraction of sp³-hybridized carbons (Fsp3) is 0.273. The van der Waals surface area contributed by atoms with Gasteiger partial charge in [0.15, 0.2) is 0 Å². The molecule has 1 unspecified atom stereocenters. The second-order valence-electron chi connectivity index (χ2n) is 7.60. The molecule has 0 aliphatic rings. The first kappa shape index (κ1) is 20.9. The Kier molecular flexibility index (Phi) is 6.27. The second kappa shape index (κ2) is 8.69. The highest BCUT2D eigenvalue weighted by Gasteiger charge is 2.22. The molecular weight excluding hydrogens is 434 g/mol. The summed E-state index contributed by atoms with van der Waals surface area (Å²) < 4.78 is 6.55. The van der Waals surface area contributed by atoms with Crippen LogP contribution in [-0.4, -0.2) is 29.2 Å². The van der Waals surface area contributed by atoms with Gasteiger partial charge in [0.1, 0.15) is 5.60 Å². The number of aromatic nitrogens is 1. The van der Waals surface area contributed by atoms with Crippen molar-refractivity contribution in [1.29, 1.82) is 0 Å². The minimum atomic E-state index is -0.599. The predicted octanol–water partition coefficient (Wildman–Crippen LogP) is 5.43. The molecule has 1 N–H and O–H groups in total. The molecule has 3 rings (SSSR count). The van der Waals surface area contributed by atoms with Crippen molar-refractivity contribution in [2.75, 3.05) is 6.54 Å². The van der Waals surface area contributed by atoms with Crippen LogP contribution in [-0.2, 0) is 4.74 Å². The summed E-state index contributed by atoms with van der Waals surface area (Å²) in [7, 11) is 0. The normalized spacial score (nSPS) is 13.0. The number of alkyl carbamates (subject to hydrolysis) is 1. The van der Waals surface area contributed by atoms with Gasteiger partial charge in [0.25, 0.3) is 0 Å². The van der Waals surface area contributed by atoms with Crippen molar-refractivity contribution in [3.63, 3.8) is 0 Å². The first-order valence-electron chi connectivity index (χ1n) is 9.27. The van der Waals surface area contributed by atoms with E-state index in [1.54, 1.807) is 33.1 Å². The predicted molar refractivity (Wildman–Crippen MR) is 119 cm³/mol. The van der Waals surface area contributed by atoms with Crippen molar-refractivity contribution in [3.05, 3.63) is 75.5 Å². The monoisotopic (exact) mass is 456 g/mol. The summed E-state index contributed by atoms with van der Waals surface area (Å²) in [5.41, 5.74) is 1.60. The molecule has 3 aromatic rings. The van der Waals surface area contributed by atoms with Crippen LogP contribution in [0.3, 0.4) is 0 Å². The van der Waals surface area contributed by atoms with Gasteiger partial charge in [0.2, 0.25) is 0 Å². The van der Waals surface area contributed by atoms with Crippen molar-refractivity contribution in [3.8, 4) is 0 Å². The molecule has 0 aliphatic carbocycles. The lowest BCUT2D eigenvalue weighted by molar-refractivity contribution is 0.0525. The van der Waals surface area contributed by atoms with Crippen LogP contribution in [0.25, 0.3) is 10.9 Å². The first-order chi connectivity index (χ1) is 13.8. The van der Waals surface area contributed by atoms with E-state index < -0.39 is 17.7 Å². The highest BCUT2D eigenvalue weighted by atomic mass is 79.9. The highest BCUT2D eigenvalue weighted by molar-refractivity contribution is 9.10. The Morgan fingerprint density at radius 3 is 2.55 bits per heavy atom. The van der Waals surface area contributed by atoms with Gasteiger partial charge in [-0.15, -0.1) is 0 Å². The van der Waals surface area contributed by atoms with Gasteiger partial charge in [-0.1, -0.05) is 48.5 Å². The molecule has 0 radical (unpaired) electrons. The van der Waals surface area contributed by atoms with Crippen LogP contribution in [0, 0.1) is 5.21 Å². The molecule has 1 aromatic heterocycles. The molecule has 7 heteroatoms. The molecule has 0 bridgehead atoms. The van der Waals surface area contributed by atoms with E-state index in [-0.39, 0.29) is 6.54 Å². The number of benzene rings is 2. The largest absolute Gasteiger partial charge is 0.805 e. The van der Waals surface area contributed by atoms with Gasteiger partial charge in [-0.2, -0.15) is 0 Å². The number of halogens is 1. The number of nitrogens with one attached hydrogen (secondary N) is 1. The minimum absolute atomic E-state index is 0.185. The lowest BCUT2D eigenvalue weighted by Crippen LogP contribution is -2.34. The van der Waals surface area contributed by atoms with E-state index in [4.69, 9.17) is 4.74 Å². The topological polar surface area (TPSA) is 78.7 Å². The summed E-state index contributed by atoms with van der Waals surface area (Å²) in [5, 5.41) is 16.1. The molecule has 1 atom stereocenters. The SMILES string of the molecule is CC(C)(C)OC(=O)NCC(N=Cc1ccccc1)c1c(Br)n([O-])c2ccccc12. The van der Waals surface area contributed by atoms with Crippen LogP contribution in [0.4, 0.5) is 4.79 Å². The molecule has 152 valence electrons. The van der Waals surface area contributed by atoms with Gasteiger partial charge in [-0.25, -0.2) is 4.79 Å². The Labute approximate surface area is 178 Å². The zero-order valence-electron chi connectivity index (χ0n) is 16.6. The number of nitrogens with zero attached hydrogens (tertiary/aromatic N) is 2. The second-order valence-corrected chi connectivity index (χ2v) is 8.35. The zero-order valence-corrected chi connectivity index (χ0v) is 18.1. The average molecular weight is 457 g/mol. The number of hydrogen-bond donors (Lipinski definition) is 1. The van der Waals surface area contributed by atoms with E-state index >= 15 is 0 Å². The highest BCUT2D eigenvalue weighted by Crippen LogP contribution is 2.35. The Morgan fingerprint density at radius 2 is 1.86 bits per heavy atom. The Morgan fingerprint density at radius 1 is 1.21 bits per heavy atom. The first-order valence-corrected chi connectivity index (χ1v) is 10.1. The minimum Gasteiger partial charge on any atom is -0.805 e. The molecular formula is C22H23BrN3O3-. The van der Waals surface area contributed by atoms with Gasteiger partial charge >= 0.3 is 6.09 Å². The summed E-state index contributed by atoms with van der Waals surface area (Å²) in [4.78, 5) is 16.8. The van der Waals surface area contributed by atoms with Crippen LogP contribution in [0.15, 0.2) is 64.2 Å². The number of aliphatic imine (C=N–C) groups is 1. The third-order valence-corrected chi connectivity index (χ3v) is 4.94. The number of carbonyl (C=O) groups is 1. The van der Waals surface area contributed by atoms with Crippen molar-refractivity contribution in [2.24, 2.45) is 4.99 Å². The number of hydrogen-bond acceptors (Lipinski definition) is 4. The third kappa shape index (κ3) is 5.17. The fourth-order valence-electron chi connectivity index (χ4n) is 2.96. The number of fused-ring (bicyclic) bond motifs is 1. The van der Waals surface area contributed by atoms with Gasteiger partial charge in [-0.3, -0.25) is 4.99 Å². The zero-order chi connectivity index (χ0) is 21.0. The summed E-state index contributed by atoms with van der Waals surface area (Å²) in [6.07, 6.45) is 1.21. The van der Waals surface area contributed by atoms with Gasteiger partial charge in [0.05, 0.1) is 10.6 Å². The lowest BCUT2D eigenvalue weighted by Gasteiger charge is -2.21. The number of rotatable bonds is 5. The molecule has 1 amide bonds. The van der Waals surface area contributed by atoms with Gasteiger partial charge in [0, 0.05) is 29.2 Å². The van der Waals surface area contributed by atoms with Crippen molar-refractivity contribution < 1.29 is 9.53 Å². The Bertz CT molecular complexity index is 1020. The third-order valence-electron chi connectivity index (χ3n) is 4.19. The smallest absolute Gasteiger partial charge is 0.407 e. The van der Waals surface area contributed by atoms with E-state index in [0.29, 0.717) is 10.1 Å². The van der Waals surface area contributed by atoms with Crippen LogP contribution in [0.5, 0.6) is 0 Å². The fourth-order valence-corrected chi connectivity index (χ4v) is 3.63. The quantitative estimate of drug-likeness (QED) is 0.519. The molecule has 0 saturated carbocycles. The van der Waals surface area contributed by atoms with Crippen molar-refractivity contribution in [2.45, 2.75) is 32.4 Å². The molecule has 6 nitrogen and oxygen atoms in total. The van der Waals surface area contributed by atoms with E-state index in [1.165, 1.54) is 0 Å². The van der Waals surface area contributed by atoms with Crippen molar-refractivity contribution >= 4 is 39.1 Å². The van der Waals surface area contributed by atoms with Gasteiger partial charge < -0.3 is 20.0 Å². The van der Waals surface area contributed by atoms with Gasteiger partial charge in [-0.05, 0) is 48.3 Å². The molecule has 0 saturated heterocycles. The molecule has 0 spiro atoms. The maximum atomic E-state index is 12.6. The number of para-hydroxylation sites is 1. The van der Waals surface area contributed by atoms with Crippen LogP contribution in [0.2, 0.25) is 0 Å².